The first-order valence-corrected chi connectivity index (χ1v) is 12.0. The molecule has 28 heavy (non-hydrogen) atoms. The van der Waals surface area contributed by atoms with Gasteiger partial charge in [0.25, 0.3) is 0 Å². The molecule has 2 aliphatic rings. The molecule has 1 aliphatic heterocycles. The molecule has 0 saturated carbocycles. The Morgan fingerprint density at radius 3 is 2.61 bits per heavy atom. The Kier molecular flexibility index (Phi) is 11.4. The van der Waals surface area contributed by atoms with Gasteiger partial charge in [-0.25, -0.2) is 13.0 Å². The molecule has 0 bridgehead atoms. The van der Waals surface area contributed by atoms with Gasteiger partial charge in [-0.15, -0.1) is 11.6 Å². The van der Waals surface area contributed by atoms with Gasteiger partial charge in [-0.2, -0.15) is 0 Å². The second-order valence-electron chi connectivity index (χ2n) is 6.61. The SMILES string of the molecule is O=S(C1=CC(Cl)[C@@H](NCCCCNCCNCCO)C[C@H]1F)C1=NC[C@@H](F)S1. The van der Waals surface area contributed by atoms with Crippen LogP contribution in [0.5, 0.6) is 0 Å². The fourth-order valence-corrected chi connectivity index (χ4v) is 5.79. The molecule has 5 atom stereocenters. The van der Waals surface area contributed by atoms with Gasteiger partial charge in [0.1, 0.15) is 17.0 Å². The molecule has 0 aromatic carbocycles. The van der Waals surface area contributed by atoms with E-state index in [2.05, 4.69) is 20.9 Å². The van der Waals surface area contributed by atoms with E-state index in [4.69, 9.17) is 16.7 Å². The molecule has 0 amide bonds. The van der Waals surface area contributed by atoms with Gasteiger partial charge in [0.05, 0.1) is 23.4 Å². The molecule has 1 aliphatic carbocycles. The Morgan fingerprint density at radius 2 is 1.93 bits per heavy atom. The second kappa shape index (κ2) is 13.3. The first kappa shape index (κ1) is 24.2. The maximum atomic E-state index is 14.5. The van der Waals surface area contributed by atoms with Crippen molar-refractivity contribution in [3.05, 3.63) is 11.0 Å². The summed E-state index contributed by atoms with van der Waals surface area (Å²) in [7, 11) is -1.76. The largest absolute Gasteiger partial charge is 0.395 e. The van der Waals surface area contributed by atoms with Crippen molar-refractivity contribution in [3.8, 4) is 0 Å². The van der Waals surface area contributed by atoms with Crippen LogP contribution in [0, 0.1) is 0 Å². The average molecular weight is 459 g/mol. The van der Waals surface area contributed by atoms with Gasteiger partial charge in [0.15, 0.2) is 9.88 Å². The van der Waals surface area contributed by atoms with E-state index in [1.165, 1.54) is 6.08 Å². The number of rotatable bonds is 12. The molecule has 0 aromatic rings. The van der Waals surface area contributed by atoms with Crippen LogP contribution >= 0.6 is 23.4 Å². The van der Waals surface area contributed by atoms with Crippen molar-refractivity contribution in [1.29, 1.82) is 0 Å². The molecule has 6 nitrogen and oxygen atoms in total. The van der Waals surface area contributed by atoms with Crippen molar-refractivity contribution in [3.63, 3.8) is 0 Å². The van der Waals surface area contributed by atoms with Crippen LogP contribution in [0.4, 0.5) is 8.78 Å². The summed E-state index contributed by atoms with van der Waals surface area (Å²) in [5.74, 6) is 0. The Bertz CT molecular complexity index is 571. The number of hydrogen-bond donors (Lipinski definition) is 4. The highest BCUT2D eigenvalue weighted by Crippen LogP contribution is 2.32. The zero-order chi connectivity index (χ0) is 20.4. The van der Waals surface area contributed by atoms with Crippen LogP contribution in [0.25, 0.3) is 0 Å². The van der Waals surface area contributed by atoms with E-state index >= 15 is 0 Å². The van der Waals surface area contributed by atoms with Crippen LogP contribution < -0.4 is 16.0 Å². The monoisotopic (exact) mass is 458 g/mol. The van der Waals surface area contributed by atoms with Crippen molar-refractivity contribution in [1.82, 2.24) is 16.0 Å². The molecule has 1 heterocycles. The lowest BCUT2D eigenvalue weighted by molar-refractivity contribution is 0.292. The van der Waals surface area contributed by atoms with Crippen LogP contribution in [-0.4, -0.2) is 82.7 Å². The summed E-state index contributed by atoms with van der Waals surface area (Å²) in [5.41, 5.74) is -1.20. The van der Waals surface area contributed by atoms with E-state index < -0.39 is 27.9 Å². The molecule has 11 heteroatoms. The van der Waals surface area contributed by atoms with Crippen LogP contribution in [0.3, 0.4) is 0 Å². The van der Waals surface area contributed by atoms with Gasteiger partial charge in [-0.05, 0) is 32.0 Å². The standard InChI is InChI=1S/C17H29ClF2N4O2S2/c18-12-9-15(28(26)17-24-11-16(20)27-17)13(19)10-14(12)23-4-2-1-3-21-5-6-22-7-8-25/h9,12-14,16,21-23,25H,1-8,10-11H2/t12?,13-,14+,16+,28?/m1/s1. The summed E-state index contributed by atoms with van der Waals surface area (Å²) in [4.78, 5) is 4.00. The number of thioether (sulfide) groups is 1. The molecule has 2 rings (SSSR count). The smallest absolute Gasteiger partial charge is 0.171 e. The molecular formula is C17H29ClF2N4O2S2. The maximum absolute atomic E-state index is 14.5. The van der Waals surface area contributed by atoms with Crippen molar-refractivity contribution in [2.75, 3.05) is 45.9 Å². The minimum Gasteiger partial charge on any atom is -0.395 e. The van der Waals surface area contributed by atoms with E-state index in [-0.39, 0.29) is 34.9 Å². The fourth-order valence-electron chi connectivity index (χ4n) is 2.92. The lowest BCUT2D eigenvalue weighted by Gasteiger charge is -2.29. The molecule has 0 saturated heterocycles. The number of unbranched alkanes of at least 4 members (excludes halogenated alkanes) is 1. The summed E-state index contributed by atoms with van der Waals surface area (Å²) in [6.07, 6.45) is 2.19. The second-order valence-corrected chi connectivity index (χ2v) is 9.90. The molecular weight excluding hydrogens is 430 g/mol. The summed E-state index contributed by atoms with van der Waals surface area (Å²) in [6.45, 7) is 4.01. The van der Waals surface area contributed by atoms with Crippen LogP contribution in [-0.2, 0) is 10.8 Å². The van der Waals surface area contributed by atoms with E-state index in [0.717, 1.165) is 50.8 Å². The lowest BCUT2D eigenvalue weighted by Crippen LogP contribution is -2.43. The molecule has 0 spiro atoms. The van der Waals surface area contributed by atoms with Crippen LogP contribution in [0.15, 0.2) is 16.0 Å². The van der Waals surface area contributed by atoms with Crippen LogP contribution in [0.1, 0.15) is 19.3 Å². The predicted octanol–water partition coefficient (Wildman–Crippen LogP) is 1.28. The first-order valence-electron chi connectivity index (χ1n) is 9.55. The average Bonchev–Trinajstić information content (AvgIpc) is 3.11. The van der Waals surface area contributed by atoms with Crippen LogP contribution in [0.2, 0.25) is 0 Å². The third-order valence-electron chi connectivity index (χ3n) is 4.40. The van der Waals surface area contributed by atoms with Gasteiger partial charge >= 0.3 is 0 Å². The Labute approximate surface area is 176 Å². The van der Waals surface area contributed by atoms with Gasteiger partial charge in [0.2, 0.25) is 0 Å². The van der Waals surface area contributed by atoms with Gasteiger partial charge in [-0.3, -0.25) is 4.99 Å². The third kappa shape index (κ3) is 7.97. The zero-order valence-electron chi connectivity index (χ0n) is 15.7. The number of allylic oxidation sites excluding steroid dienone is 1. The van der Waals surface area contributed by atoms with Crippen molar-refractivity contribution >= 4 is 38.5 Å². The Hall–Kier alpha value is -0.100. The van der Waals surface area contributed by atoms with E-state index in [1.54, 1.807) is 0 Å². The quantitative estimate of drug-likeness (QED) is 0.260. The van der Waals surface area contributed by atoms with Gasteiger partial charge < -0.3 is 21.1 Å². The summed E-state index contributed by atoms with van der Waals surface area (Å²) < 4.78 is 40.3. The highest BCUT2D eigenvalue weighted by Gasteiger charge is 2.35. The summed E-state index contributed by atoms with van der Waals surface area (Å²) >= 11 is 7.14. The van der Waals surface area contributed by atoms with E-state index in [1.807, 2.05) is 0 Å². The Balaban J connectivity index is 1.64. The predicted molar refractivity (Wildman–Crippen MR) is 114 cm³/mol. The third-order valence-corrected chi connectivity index (χ3v) is 7.57. The molecule has 162 valence electrons. The van der Waals surface area contributed by atoms with Crippen molar-refractivity contribution in [2.24, 2.45) is 4.99 Å². The highest BCUT2D eigenvalue weighted by atomic mass is 35.5. The Morgan fingerprint density at radius 1 is 1.21 bits per heavy atom. The minimum atomic E-state index is -1.76. The molecule has 0 fully saturated rings. The molecule has 2 unspecified atom stereocenters. The van der Waals surface area contributed by atoms with Gasteiger partial charge in [-0.1, -0.05) is 11.8 Å². The van der Waals surface area contributed by atoms with Crippen molar-refractivity contribution < 1.29 is 18.1 Å². The number of nitrogens with zero attached hydrogens (tertiary/aromatic N) is 1. The number of alkyl halides is 3. The fraction of sp³-hybridized carbons (Fsp3) is 0.824. The van der Waals surface area contributed by atoms with E-state index in [9.17, 15) is 13.0 Å². The lowest BCUT2D eigenvalue weighted by atomic mass is 9.99. The summed E-state index contributed by atoms with van der Waals surface area (Å²) in [6, 6.07) is -0.222. The van der Waals surface area contributed by atoms with Crippen molar-refractivity contribution in [2.45, 2.75) is 42.4 Å². The molecule has 0 aromatic heterocycles. The topological polar surface area (TPSA) is 85.8 Å². The highest BCUT2D eigenvalue weighted by molar-refractivity contribution is 8.34. The number of hydrogen-bond acceptors (Lipinski definition) is 7. The number of halogens is 3. The summed E-state index contributed by atoms with van der Waals surface area (Å²) in [5, 5.41) is 17.9. The number of aliphatic hydroxyl groups is 1. The zero-order valence-corrected chi connectivity index (χ0v) is 18.1. The maximum Gasteiger partial charge on any atom is 0.171 e. The number of aliphatic imine (C=N–C) groups is 1. The van der Waals surface area contributed by atoms with E-state index in [0.29, 0.717) is 6.54 Å². The molecule has 0 radical (unpaired) electrons. The number of nitrogens with one attached hydrogen (secondary N) is 3. The first-order chi connectivity index (χ1) is 13.5. The normalized spacial score (nSPS) is 28.9. The molecule has 4 N–H and O–H groups in total. The van der Waals surface area contributed by atoms with Gasteiger partial charge in [0, 0.05) is 32.1 Å². The number of aliphatic hydroxyl groups excluding tert-OH is 1. The minimum absolute atomic E-state index is 0.0293.